The van der Waals surface area contributed by atoms with Crippen molar-refractivity contribution in [1.82, 2.24) is 30.4 Å². The number of nitrogens with one attached hydrogen (secondary N) is 5. The van der Waals surface area contributed by atoms with E-state index in [2.05, 4.69) is 77.9 Å². The highest BCUT2D eigenvalue weighted by Gasteiger charge is 2.39. The van der Waals surface area contributed by atoms with Crippen LogP contribution in [-0.2, 0) is 37.6 Å². The fourth-order valence-corrected chi connectivity index (χ4v) is 13.8. The number of aryl methyl sites for hydroxylation is 2. The van der Waals surface area contributed by atoms with E-state index in [0.29, 0.717) is 47.7 Å². The summed E-state index contributed by atoms with van der Waals surface area (Å²) in [6.07, 6.45) is 1.66. The van der Waals surface area contributed by atoms with Crippen LogP contribution in [0.15, 0.2) is 98.0 Å². The van der Waals surface area contributed by atoms with Crippen molar-refractivity contribution in [3.8, 4) is 40.0 Å². The van der Waals surface area contributed by atoms with Crippen molar-refractivity contribution in [2.24, 2.45) is 4.99 Å². The Morgan fingerprint density at radius 3 is 2.49 bits per heavy atom. The van der Waals surface area contributed by atoms with Gasteiger partial charge in [-0.1, -0.05) is 100 Å². The molecule has 3 heterocycles. The number of nitrogens with zero attached hydrogens (tertiary/aromatic N) is 3. The number of anilines is 1. The standard InChI is InChI=1S/C65H83N8O15PS4/c1-11-66-50-33-52-48(30-40(50)3)60(49-31-41(4)51(67-12-2)34-53(49)87-52)46-21-13-14-22-47(46)63(78)72(9)27-17-23-56(74)69-25-26-70-61(76)43-18-15-20-45(32-43)84-39-59(92-93-65(6,7)8)83-29-28-82-38-57(75)68-24-16-19-44-36-73(64(79)71-62(44)77)58-35-54(86-42(5)91-90-10)55(88-58)37-85-89(80)81/h13-15,18,20-22,30-34,36,42,54-55,58-59,66,89H,11-12,17,23-29,35,37-39H2,1-10H3,(H,68,75)(H,69,74)(H,70,76)(H,80,81)(H,71,77,79)/b67-51-/t42-,54?,55+,58+,59?/m0/s1. The predicted molar refractivity (Wildman–Crippen MR) is 369 cm³/mol. The summed E-state index contributed by atoms with van der Waals surface area (Å²) in [6, 6.07) is 22.5. The van der Waals surface area contributed by atoms with Crippen LogP contribution in [0.3, 0.4) is 0 Å². The van der Waals surface area contributed by atoms with Crippen LogP contribution in [0.2, 0.25) is 0 Å². The molecule has 2 aliphatic heterocycles. The van der Waals surface area contributed by atoms with Gasteiger partial charge in [-0.25, -0.2) is 4.79 Å². The summed E-state index contributed by atoms with van der Waals surface area (Å²) < 4.78 is 53.7. The molecule has 4 aromatic rings. The van der Waals surface area contributed by atoms with Crippen LogP contribution in [0, 0.1) is 25.7 Å². The van der Waals surface area contributed by atoms with E-state index in [0.717, 1.165) is 50.8 Å². The maximum atomic E-state index is 14.3. The monoisotopic (exact) mass is 1370 g/mol. The Kier molecular flexibility index (Phi) is 28.9. The highest BCUT2D eigenvalue weighted by Crippen LogP contribution is 2.44. The van der Waals surface area contributed by atoms with Crippen molar-refractivity contribution < 1.29 is 61.3 Å². The lowest BCUT2D eigenvalue weighted by Gasteiger charge is -2.22. The lowest BCUT2D eigenvalue weighted by atomic mass is 9.89. The largest absolute Gasteiger partial charge is 0.490 e. The molecule has 3 unspecified atom stereocenters. The van der Waals surface area contributed by atoms with Crippen molar-refractivity contribution in [3.05, 3.63) is 133 Å². The number of amides is 4. The van der Waals surface area contributed by atoms with E-state index in [1.807, 2.05) is 70.3 Å². The molecule has 1 aliphatic carbocycles. The van der Waals surface area contributed by atoms with Crippen LogP contribution in [0.5, 0.6) is 5.75 Å². The quantitative estimate of drug-likeness (QED) is 0.00559. The molecule has 0 spiro atoms. The number of carbonyl (C=O) groups excluding carboxylic acids is 4. The van der Waals surface area contributed by atoms with E-state index >= 15 is 0 Å². The number of hydrogen-bond donors (Lipinski definition) is 6. The maximum absolute atomic E-state index is 14.3. The Balaban J connectivity index is 0.828. The summed E-state index contributed by atoms with van der Waals surface area (Å²) in [5.41, 5.74) is 4.85. The SMILES string of the molecule is CC/N=c1/cc2oc3cc(NCC)c(C)cc3c(-c3ccccc3C(=O)N(C)CCCC(=O)NCCNC(=O)c3cccc(OCC(OCCOCC(=O)NCC#Cc4cn([C@H]5CC(O[C@H](C)SSC)[C@@H](CO[PH](=O)O)O5)c(=O)[nH]c4=O)SSC(C)(C)C)c3)c-2cc1C. The van der Waals surface area contributed by atoms with Crippen molar-refractivity contribution >= 4 is 91.7 Å². The van der Waals surface area contributed by atoms with Gasteiger partial charge in [-0.15, -0.1) is 0 Å². The lowest BCUT2D eigenvalue weighted by molar-refractivity contribution is -0.126. The van der Waals surface area contributed by atoms with Gasteiger partial charge in [0.05, 0.1) is 37.8 Å². The first-order valence-electron chi connectivity index (χ1n) is 30.5. The molecular formula is C65H83N8O15PS4. The van der Waals surface area contributed by atoms with Crippen molar-refractivity contribution in [2.45, 2.75) is 109 Å². The molecular weight excluding hydrogens is 1290 g/mol. The second-order valence-corrected chi connectivity index (χ2v) is 29.3. The summed E-state index contributed by atoms with van der Waals surface area (Å²) >= 11 is 0. The smallest absolute Gasteiger partial charge is 0.330 e. The number of aromatic amines is 1. The summed E-state index contributed by atoms with van der Waals surface area (Å²) in [5.74, 6) is 5.29. The first kappa shape index (κ1) is 73.9. The number of carbonyl (C=O) groups is 4. The van der Waals surface area contributed by atoms with Gasteiger partial charge in [0.2, 0.25) is 11.8 Å². The van der Waals surface area contributed by atoms with Gasteiger partial charge in [0.25, 0.3) is 17.4 Å². The fraction of sp³-hybridized carbons (Fsp3) is 0.462. The Bertz CT molecular complexity index is 3810. The Hall–Kier alpha value is -6.54. The van der Waals surface area contributed by atoms with Gasteiger partial charge in [0.1, 0.15) is 59.1 Å². The summed E-state index contributed by atoms with van der Waals surface area (Å²) in [4.78, 5) is 96.6. The highest BCUT2D eigenvalue weighted by atomic mass is 33.1. The van der Waals surface area contributed by atoms with Crippen LogP contribution in [0.1, 0.15) is 104 Å². The molecule has 28 heteroatoms. The first-order valence-corrected chi connectivity index (χ1v) is 36.6. The van der Waals surface area contributed by atoms with Gasteiger partial charge < -0.3 is 63.7 Å². The minimum absolute atomic E-state index is 0.0595. The average molecular weight is 1380 g/mol. The third kappa shape index (κ3) is 22.3. The molecule has 1 saturated heterocycles. The first-order chi connectivity index (χ1) is 44.5. The summed E-state index contributed by atoms with van der Waals surface area (Å²) in [5, 5.41) is 13.5. The average Bonchev–Trinajstić information content (AvgIpc) is 1.20. The van der Waals surface area contributed by atoms with Gasteiger partial charge in [0, 0.05) is 109 Å². The Morgan fingerprint density at radius 1 is 0.957 bits per heavy atom. The third-order valence-electron chi connectivity index (χ3n) is 14.2. The van der Waals surface area contributed by atoms with E-state index in [-0.39, 0.29) is 99.0 Å². The molecule has 3 aromatic carbocycles. The van der Waals surface area contributed by atoms with Crippen molar-refractivity contribution in [3.63, 3.8) is 0 Å². The third-order valence-corrected chi connectivity index (χ3v) is 20.1. The molecule has 0 bridgehead atoms. The lowest BCUT2D eigenvalue weighted by Crippen LogP contribution is -2.35. The van der Waals surface area contributed by atoms with Crippen LogP contribution < -0.4 is 42.6 Å². The fourth-order valence-electron chi connectivity index (χ4n) is 9.88. The number of ether oxygens (including phenoxy) is 5. The number of rotatable bonds is 33. The topological polar surface area (TPSA) is 293 Å². The number of aromatic nitrogens is 2. The maximum Gasteiger partial charge on any atom is 0.330 e. The van der Waals surface area contributed by atoms with Gasteiger partial charge in [-0.2, -0.15) is 0 Å². The number of benzene rings is 4. The van der Waals surface area contributed by atoms with Crippen LogP contribution in [0.25, 0.3) is 33.4 Å². The molecule has 0 saturated carbocycles. The molecule has 4 amide bonds. The number of H-pyrrole nitrogens is 1. The molecule has 1 fully saturated rings. The molecule has 6 N–H and O–H groups in total. The van der Waals surface area contributed by atoms with Crippen LogP contribution in [0.4, 0.5) is 5.69 Å². The minimum atomic E-state index is -3.25. The number of hydrogen-bond acceptors (Lipinski definition) is 20. The highest BCUT2D eigenvalue weighted by molar-refractivity contribution is 8.77. The zero-order valence-electron chi connectivity index (χ0n) is 53.9. The van der Waals surface area contributed by atoms with Gasteiger partial charge >= 0.3 is 13.9 Å². The molecule has 23 nitrogen and oxygen atoms in total. The van der Waals surface area contributed by atoms with Crippen LogP contribution >= 0.6 is 51.4 Å². The Labute approximate surface area is 557 Å². The van der Waals surface area contributed by atoms with E-state index in [1.54, 1.807) is 47.0 Å². The van der Waals surface area contributed by atoms with Gasteiger partial charge in [-0.05, 0) is 100 Å². The van der Waals surface area contributed by atoms with Crippen molar-refractivity contribution in [1.29, 1.82) is 0 Å². The number of fused-ring (bicyclic) bond motifs is 2. The summed E-state index contributed by atoms with van der Waals surface area (Å²) in [7, 11) is 4.53. The Morgan fingerprint density at radius 2 is 1.74 bits per heavy atom. The van der Waals surface area contributed by atoms with Crippen molar-refractivity contribution in [2.75, 3.05) is 90.9 Å². The molecule has 6 atom stereocenters. The second-order valence-electron chi connectivity index (χ2n) is 22.5. The van der Waals surface area contributed by atoms with Gasteiger partial charge in [-0.3, -0.25) is 43.1 Å². The van der Waals surface area contributed by atoms with Crippen LogP contribution in [-0.4, -0.2) is 156 Å². The van der Waals surface area contributed by atoms with E-state index in [1.165, 1.54) is 43.1 Å². The predicted octanol–water partition coefficient (Wildman–Crippen LogP) is 8.94. The molecule has 1 aromatic heterocycles. The van der Waals surface area contributed by atoms with E-state index in [4.69, 9.17) is 37.6 Å². The molecule has 0 radical (unpaired) electrons. The zero-order valence-corrected chi connectivity index (χ0v) is 58.2. The second kappa shape index (κ2) is 36.4. The van der Waals surface area contributed by atoms with E-state index < -0.39 is 49.3 Å². The molecule has 3 aliphatic rings. The minimum Gasteiger partial charge on any atom is -0.490 e. The molecule has 93 heavy (non-hydrogen) atoms. The molecule has 502 valence electrons. The normalized spacial score (nSPS) is 15.9. The summed E-state index contributed by atoms with van der Waals surface area (Å²) in [6.45, 7) is 17.9. The zero-order chi connectivity index (χ0) is 67.2. The molecule has 7 rings (SSSR count). The van der Waals surface area contributed by atoms with Gasteiger partial charge in [0.15, 0.2) is 0 Å². The van der Waals surface area contributed by atoms with E-state index in [9.17, 15) is 38.2 Å².